The van der Waals surface area contributed by atoms with E-state index in [-0.39, 0.29) is 49.3 Å². The first kappa shape index (κ1) is 43.9. The monoisotopic (exact) mass is 326 g/mol. The Bertz CT molecular complexity index is 280. The van der Waals surface area contributed by atoms with Gasteiger partial charge >= 0.3 is 16.5 Å². The molecule has 0 fully saturated rings. The summed E-state index contributed by atoms with van der Waals surface area (Å²) in [5.41, 5.74) is 0. The van der Waals surface area contributed by atoms with E-state index in [4.69, 9.17) is 0 Å². The molecular weight excluding hydrogens is 307 g/mol. The van der Waals surface area contributed by atoms with E-state index < -0.39 is 23.5 Å². The molecule has 18 heavy (non-hydrogen) atoms. The molecule has 1 aromatic rings. The number of hydrogen-bond donors (Lipinski definition) is 0. The fourth-order valence-electron chi connectivity index (χ4n) is 0.557. The molecular formula is C6H20NiO11+6. The topological polar surface area (TPSA) is 291 Å². The summed E-state index contributed by atoms with van der Waals surface area (Å²) < 4.78 is 4.28. The molecule has 1 heterocycles. The van der Waals surface area contributed by atoms with Crippen molar-refractivity contribution < 1.29 is 73.6 Å². The van der Waals surface area contributed by atoms with Crippen LogP contribution in [0.25, 0.3) is 0 Å². The number of carbonyl (C=O) groups excluding carboxylic acids is 2. The van der Waals surface area contributed by atoms with E-state index >= 15 is 0 Å². The SMILES string of the molecule is O=C([O-])c1ccc(C(=O)[O-])o1.[Ni+2].[OH3+].[OH3+].[OH3+].[OH3+].[OH3+].[OH3+]. The number of carboxylic acids is 2. The van der Waals surface area contributed by atoms with Gasteiger partial charge in [0.15, 0.2) is 0 Å². The summed E-state index contributed by atoms with van der Waals surface area (Å²) in [6, 6.07) is 1.97. The zero-order valence-corrected chi connectivity index (χ0v) is 9.96. The zero-order valence-electron chi connectivity index (χ0n) is 8.98. The molecule has 0 unspecified atom stereocenters. The molecule has 0 bridgehead atoms. The largest absolute Gasteiger partial charge is 2.00 e. The molecule has 0 aliphatic heterocycles. The van der Waals surface area contributed by atoms with Crippen molar-refractivity contribution in [3.05, 3.63) is 23.7 Å². The normalized spacial score (nSPS) is 5.78. The van der Waals surface area contributed by atoms with Crippen LogP contribution in [0.15, 0.2) is 16.5 Å². The van der Waals surface area contributed by atoms with Crippen molar-refractivity contribution in [1.82, 2.24) is 0 Å². The number of furan rings is 1. The molecule has 0 amide bonds. The average Bonchev–Trinajstić information content (AvgIpc) is 2.33. The third kappa shape index (κ3) is 11.0. The Kier molecular flexibility index (Phi) is 43.6. The zero-order chi connectivity index (χ0) is 8.43. The molecule has 18 N–H and O–H groups in total. The molecule has 114 valence electrons. The van der Waals surface area contributed by atoms with Crippen LogP contribution in [-0.4, -0.2) is 11.9 Å². The van der Waals surface area contributed by atoms with Crippen LogP contribution in [0.4, 0.5) is 0 Å². The van der Waals surface area contributed by atoms with Gasteiger partial charge in [0, 0.05) is 0 Å². The fourth-order valence-corrected chi connectivity index (χ4v) is 0.557. The van der Waals surface area contributed by atoms with Crippen molar-refractivity contribution in [3.8, 4) is 0 Å². The molecule has 0 atom stereocenters. The molecule has 0 aromatic carbocycles. The molecule has 0 aliphatic carbocycles. The van der Waals surface area contributed by atoms with Gasteiger partial charge in [-0.25, -0.2) is 0 Å². The van der Waals surface area contributed by atoms with Crippen LogP contribution < -0.4 is 10.2 Å². The number of aromatic carboxylic acids is 2. The fraction of sp³-hybridized carbons (Fsp3) is 0. The number of rotatable bonds is 2. The predicted octanol–water partition coefficient (Wildman–Crippen LogP) is -7.53. The Morgan fingerprint density at radius 2 is 1.00 bits per heavy atom. The van der Waals surface area contributed by atoms with Gasteiger partial charge in [-0.15, -0.1) is 0 Å². The van der Waals surface area contributed by atoms with Crippen LogP contribution in [0.5, 0.6) is 0 Å². The number of carbonyl (C=O) groups is 2. The molecule has 12 heteroatoms. The van der Waals surface area contributed by atoms with Crippen LogP contribution >= 0.6 is 0 Å². The molecule has 0 spiro atoms. The van der Waals surface area contributed by atoms with Crippen LogP contribution in [0.3, 0.4) is 0 Å². The standard InChI is InChI=1S/C6H4O5.Ni.6H2O/c7-5(8)3-1-2-4(11-3)6(9)10;;;;;;;/h1-2H,(H,7,8)(H,9,10);;6*1H2/q;+2;;;;;;/p+4. The third-order valence-corrected chi connectivity index (χ3v) is 1.01. The molecule has 1 rings (SSSR count). The predicted molar refractivity (Wildman–Crippen MR) is 56.6 cm³/mol. The maximum atomic E-state index is 10.0. The Hall–Kier alpha value is -1.53. The summed E-state index contributed by atoms with van der Waals surface area (Å²) in [6.45, 7) is 0. The van der Waals surface area contributed by atoms with Gasteiger partial charge in [-0.1, -0.05) is 0 Å². The Morgan fingerprint density at radius 1 is 0.778 bits per heavy atom. The number of carboxylic acid groups (broad SMARTS) is 2. The minimum absolute atomic E-state index is 0. The van der Waals surface area contributed by atoms with E-state index in [0.29, 0.717) is 0 Å². The average molecular weight is 327 g/mol. The van der Waals surface area contributed by atoms with Crippen molar-refractivity contribution in [2.75, 3.05) is 0 Å². The maximum Gasteiger partial charge on any atom is 2.00 e. The van der Waals surface area contributed by atoms with Crippen molar-refractivity contribution in [1.29, 1.82) is 0 Å². The van der Waals surface area contributed by atoms with E-state index in [9.17, 15) is 19.8 Å². The van der Waals surface area contributed by atoms with Crippen molar-refractivity contribution in [3.63, 3.8) is 0 Å². The minimum atomic E-state index is -1.56. The second kappa shape index (κ2) is 17.9. The molecule has 0 radical (unpaired) electrons. The summed E-state index contributed by atoms with van der Waals surface area (Å²) in [7, 11) is 0. The van der Waals surface area contributed by atoms with Crippen LogP contribution in [0, 0.1) is 0 Å². The van der Waals surface area contributed by atoms with E-state index in [1.165, 1.54) is 0 Å². The van der Waals surface area contributed by atoms with E-state index in [1.807, 2.05) is 0 Å². The summed E-state index contributed by atoms with van der Waals surface area (Å²) in [6.07, 6.45) is 0. The first-order chi connectivity index (χ1) is 5.11. The Balaban J connectivity index is -0.0000000346. The molecule has 1 aromatic heterocycles. The molecule has 0 saturated heterocycles. The Morgan fingerprint density at radius 3 is 1.11 bits per heavy atom. The van der Waals surface area contributed by atoms with Gasteiger partial charge in [-0.2, -0.15) is 0 Å². The minimum Gasteiger partial charge on any atom is -0.542 e. The molecule has 11 nitrogen and oxygen atoms in total. The van der Waals surface area contributed by atoms with Gasteiger partial charge in [0.1, 0.15) is 23.5 Å². The number of hydrogen-bond acceptors (Lipinski definition) is 5. The van der Waals surface area contributed by atoms with Gasteiger partial charge < -0.3 is 57.1 Å². The third-order valence-electron chi connectivity index (χ3n) is 1.01. The van der Waals surface area contributed by atoms with Gasteiger partial charge in [0.2, 0.25) is 0 Å². The van der Waals surface area contributed by atoms with Gasteiger partial charge in [0.25, 0.3) is 0 Å². The second-order valence-corrected chi connectivity index (χ2v) is 1.74. The summed E-state index contributed by atoms with van der Waals surface area (Å²) in [4.78, 5) is 20.0. The maximum absolute atomic E-state index is 10.0. The molecule has 0 aliphatic rings. The van der Waals surface area contributed by atoms with E-state index in [0.717, 1.165) is 12.1 Å². The van der Waals surface area contributed by atoms with Gasteiger partial charge in [0.05, 0.1) is 0 Å². The summed E-state index contributed by atoms with van der Waals surface area (Å²) in [5, 5.41) is 20.0. The van der Waals surface area contributed by atoms with Gasteiger partial charge in [-0.05, 0) is 12.1 Å². The van der Waals surface area contributed by atoms with Crippen LogP contribution in [-0.2, 0) is 49.3 Å². The first-order valence-electron chi connectivity index (χ1n) is 2.64. The Labute approximate surface area is 110 Å². The summed E-state index contributed by atoms with van der Waals surface area (Å²) in [5.74, 6) is -4.16. The van der Waals surface area contributed by atoms with Gasteiger partial charge in [-0.3, -0.25) is 0 Å². The first-order valence-corrected chi connectivity index (χ1v) is 2.64. The van der Waals surface area contributed by atoms with E-state index in [2.05, 4.69) is 4.42 Å². The van der Waals surface area contributed by atoms with Crippen LogP contribution in [0.1, 0.15) is 21.1 Å². The second-order valence-electron chi connectivity index (χ2n) is 1.74. The van der Waals surface area contributed by atoms with Crippen LogP contribution in [0.2, 0.25) is 0 Å². The van der Waals surface area contributed by atoms with E-state index in [1.54, 1.807) is 0 Å². The van der Waals surface area contributed by atoms with Crippen molar-refractivity contribution >= 4 is 11.9 Å². The van der Waals surface area contributed by atoms with Crippen molar-refractivity contribution in [2.24, 2.45) is 0 Å². The smallest absolute Gasteiger partial charge is 0.542 e. The molecule has 0 saturated carbocycles. The summed E-state index contributed by atoms with van der Waals surface area (Å²) >= 11 is 0. The van der Waals surface area contributed by atoms with Crippen molar-refractivity contribution in [2.45, 2.75) is 0 Å². The quantitative estimate of drug-likeness (QED) is 0.376.